The Hall–Kier alpha value is -4.16. The molecule has 1 saturated heterocycles. The molecule has 224 valence electrons. The van der Waals surface area contributed by atoms with Gasteiger partial charge in [0.05, 0.1) is 18.1 Å². The van der Waals surface area contributed by atoms with Crippen molar-refractivity contribution in [1.29, 1.82) is 0 Å². The summed E-state index contributed by atoms with van der Waals surface area (Å²) in [4.78, 5) is 27.7. The molecule has 1 aliphatic heterocycles. The molecular formula is C30H34FN3O7S. The largest absolute Gasteiger partial charge is 0.497 e. The van der Waals surface area contributed by atoms with Gasteiger partial charge in [0, 0.05) is 25.4 Å². The SMILES string of the molecule is COc1ccc(CN(C(=O)COc2ccc(S(=O)(=O)Nc3ccc(F)cc3)cc2)[C@@H](C)C(=O)NC[C@H]2CCCO2)cc1. The number of nitrogens with one attached hydrogen (secondary N) is 2. The van der Waals surface area contributed by atoms with E-state index in [1.54, 1.807) is 26.2 Å². The van der Waals surface area contributed by atoms with Gasteiger partial charge in [-0.25, -0.2) is 12.8 Å². The van der Waals surface area contributed by atoms with E-state index < -0.39 is 27.8 Å². The maximum absolute atomic E-state index is 13.3. The third kappa shape index (κ3) is 8.43. The first-order valence-corrected chi connectivity index (χ1v) is 15.0. The van der Waals surface area contributed by atoms with Crippen molar-refractivity contribution in [1.82, 2.24) is 10.2 Å². The molecule has 4 rings (SSSR count). The van der Waals surface area contributed by atoms with Crippen LogP contribution in [0.15, 0.2) is 77.7 Å². The fraction of sp³-hybridized carbons (Fsp3) is 0.333. The first-order chi connectivity index (χ1) is 20.1. The predicted octanol–water partition coefficient (Wildman–Crippen LogP) is 3.73. The lowest BCUT2D eigenvalue weighted by atomic mass is 10.1. The highest BCUT2D eigenvalue weighted by Crippen LogP contribution is 2.21. The van der Waals surface area contributed by atoms with Crippen LogP contribution in [0.3, 0.4) is 0 Å². The highest BCUT2D eigenvalue weighted by Gasteiger charge is 2.27. The third-order valence-electron chi connectivity index (χ3n) is 6.80. The van der Waals surface area contributed by atoms with Gasteiger partial charge >= 0.3 is 0 Å². The molecule has 1 fully saturated rings. The summed E-state index contributed by atoms with van der Waals surface area (Å²) in [5, 5.41) is 2.88. The lowest BCUT2D eigenvalue weighted by Crippen LogP contribution is -2.50. The van der Waals surface area contributed by atoms with E-state index in [2.05, 4.69) is 10.0 Å². The third-order valence-corrected chi connectivity index (χ3v) is 8.20. The second-order valence-corrected chi connectivity index (χ2v) is 11.5. The van der Waals surface area contributed by atoms with E-state index in [-0.39, 0.29) is 41.5 Å². The molecule has 1 aliphatic rings. The van der Waals surface area contributed by atoms with Gasteiger partial charge in [0.15, 0.2) is 6.61 Å². The van der Waals surface area contributed by atoms with Gasteiger partial charge in [0.2, 0.25) is 5.91 Å². The van der Waals surface area contributed by atoms with Gasteiger partial charge < -0.3 is 24.4 Å². The Labute approximate surface area is 244 Å². The van der Waals surface area contributed by atoms with Gasteiger partial charge in [0.1, 0.15) is 23.4 Å². The van der Waals surface area contributed by atoms with E-state index in [1.807, 2.05) is 12.1 Å². The minimum atomic E-state index is -3.93. The molecule has 3 aromatic carbocycles. The second kappa shape index (κ2) is 14.1. The molecule has 12 heteroatoms. The van der Waals surface area contributed by atoms with Crippen LogP contribution in [0.4, 0.5) is 10.1 Å². The Morgan fingerprint density at radius 2 is 1.69 bits per heavy atom. The zero-order valence-electron chi connectivity index (χ0n) is 23.4. The lowest BCUT2D eigenvalue weighted by molar-refractivity contribution is -0.142. The van der Waals surface area contributed by atoms with Gasteiger partial charge in [-0.1, -0.05) is 12.1 Å². The van der Waals surface area contributed by atoms with E-state index in [1.165, 1.54) is 41.3 Å². The zero-order chi connectivity index (χ0) is 30.1. The van der Waals surface area contributed by atoms with Crippen LogP contribution in [0.25, 0.3) is 0 Å². The Kier molecular flexibility index (Phi) is 10.4. The minimum absolute atomic E-state index is 0.0344. The van der Waals surface area contributed by atoms with E-state index in [9.17, 15) is 22.4 Å². The van der Waals surface area contributed by atoms with Crippen molar-refractivity contribution in [3.63, 3.8) is 0 Å². The van der Waals surface area contributed by atoms with Gasteiger partial charge in [-0.2, -0.15) is 0 Å². The van der Waals surface area contributed by atoms with Crippen molar-refractivity contribution in [3.05, 3.63) is 84.2 Å². The first-order valence-electron chi connectivity index (χ1n) is 13.5. The van der Waals surface area contributed by atoms with Crippen LogP contribution in [0.5, 0.6) is 11.5 Å². The predicted molar refractivity (Wildman–Crippen MR) is 154 cm³/mol. The summed E-state index contributed by atoms with van der Waals surface area (Å²) < 4.78 is 57.3. The van der Waals surface area contributed by atoms with E-state index >= 15 is 0 Å². The molecule has 2 N–H and O–H groups in total. The smallest absolute Gasteiger partial charge is 0.261 e. The first kappa shape index (κ1) is 30.8. The average Bonchev–Trinajstić information content (AvgIpc) is 3.52. The van der Waals surface area contributed by atoms with Gasteiger partial charge in [-0.15, -0.1) is 0 Å². The molecule has 0 aliphatic carbocycles. The van der Waals surface area contributed by atoms with Crippen molar-refractivity contribution in [2.75, 3.05) is 31.6 Å². The maximum atomic E-state index is 13.3. The number of methoxy groups -OCH3 is 1. The maximum Gasteiger partial charge on any atom is 0.261 e. The standard InChI is InChI=1S/C30H34FN3O7S/c1-21(30(36)32-18-27-4-3-17-40-27)34(19-22-5-11-25(39-2)12-6-22)29(35)20-41-26-13-15-28(16-14-26)42(37,38)33-24-9-7-23(31)8-10-24/h5-16,21,27,33H,3-4,17-20H2,1-2H3,(H,32,36)/t21-,27+/m0/s1. The Balaban J connectivity index is 1.40. The van der Waals surface area contributed by atoms with Crippen molar-refractivity contribution in [2.45, 2.75) is 43.4 Å². The molecule has 3 aromatic rings. The quantitative estimate of drug-likeness (QED) is 0.307. The molecular weight excluding hydrogens is 565 g/mol. The van der Waals surface area contributed by atoms with Gasteiger partial charge in [-0.3, -0.25) is 14.3 Å². The number of carbonyl (C=O) groups excluding carboxylic acids is 2. The molecule has 0 spiro atoms. The number of hydrogen-bond acceptors (Lipinski definition) is 7. The lowest BCUT2D eigenvalue weighted by Gasteiger charge is -2.29. The summed E-state index contributed by atoms with van der Waals surface area (Å²) in [5.74, 6) is -0.286. The monoisotopic (exact) mass is 599 g/mol. The van der Waals surface area contributed by atoms with Crippen LogP contribution in [-0.2, 0) is 30.9 Å². The molecule has 2 amide bonds. The molecule has 0 aromatic heterocycles. The van der Waals surface area contributed by atoms with E-state index in [4.69, 9.17) is 14.2 Å². The number of benzene rings is 3. The molecule has 0 saturated carbocycles. The summed E-state index contributed by atoms with van der Waals surface area (Å²) in [6.45, 7) is 2.48. The number of rotatable bonds is 13. The number of amides is 2. The van der Waals surface area contributed by atoms with Gasteiger partial charge in [-0.05, 0) is 86.0 Å². The van der Waals surface area contributed by atoms with Crippen molar-refractivity contribution >= 4 is 27.5 Å². The Morgan fingerprint density at radius 1 is 1.02 bits per heavy atom. The summed E-state index contributed by atoms with van der Waals surface area (Å²) in [6, 6.07) is 16.8. The zero-order valence-corrected chi connectivity index (χ0v) is 24.2. The number of hydrogen-bond donors (Lipinski definition) is 2. The van der Waals surface area contributed by atoms with Crippen LogP contribution in [0.1, 0.15) is 25.3 Å². The van der Waals surface area contributed by atoms with E-state index in [0.29, 0.717) is 18.9 Å². The van der Waals surface area contributed by atoms with Crippen LogP contribution in [0.2, 0.25) is 0 Å². The Bertz CT molecular complexity index is 1440. The number of anilines is 1. The van der Waals surface area contributed by atoms with Crippen molar-refractivity contribution in [2.24, 2.45) is 0 Å². The molecule has 0 bridgehead atoms. The fourth-order valence-corrected chi connectivity index (χ4v) is 5.41. The van der Waals surface area contributed by atoms with E-state index in [0.717, 1.165) is 30.5 Å². The molecule has 0 radical (unpaired) electrons. The van der Waals surface area contributed by atoms with Crippen LogP contribution in [0, 0.1) is 5.82 Å². The van der Waals surface area contributed by atoms with Gasteiger partial charge in [0.25, 0.3) is 15.9 Å². The highest BCUT2D eigenvalue weighted by atomic mass is 32.2. The number of halogens is 1. The second-order valence-electron chi connectivity index (χ2n) is 9.80. The van der Waals surface area contributed by atoms with Crippen molar-refractivity contribution < 1.29 is 36.6 Å². The Morgan fingerprint density at radius 3 is 2.31 bits per heavy atom. The molecule has 2 atom stereocenters. The number of carbonyl (C=O) groups is 2. The molecule has 10 nitrogen and oxygen atoms in total. The summed E-state index contributed by atoms with van der Waals surface area (Å²) in [5.41, 5.74) is 1.01. The van der Waals surface area contributed by atoms with Crippen LogP contribution >= 0.6 is 0 Å². The molecule has 0 unspecified atom stereocenters. The number of sulfonamides is 1. The normalized spacial score (nSPS) is 15.5. The average molecular weight is 600 g/mol. The summed E-state index contributed by atoms with van der Waals surface area (Å²) in [7, 11) is -2.36. The summed E-state index contributed by atoms with van der Waals surface area (Å²) >= 11 is 0. The fourth-order valence-electron chi connectivity index (χ4n) is 4.35. The minimum Gasteiger partial charge on any atom is -0.497 e. The summed E-state index contributed by atoms with van der Waals surface area (Å²) in [6.07, 6.45) is 1.79. The highest BCUT2D eigenvalue weighted by molar-refractivity contribution is 7.92. The van der Waals surface area contributed by atoms with Crippen LogP contribution in [-0.4, -0.2) is 64.1 Å². The van der Waals surface area contributed by atoms with Crippen molar-refractivity contribution in [3.8, 4) is 11.5 Å². The molecule has 42 heavy (non-hydrogen) atoms. The number of nitrogens with zero attached hydrogens (tertiary/aromatic N) is 1. The van der Waals surface area contributed by atoms with Crippen LogP contribution < -0.4 is 19.5 Å². The molecule has 1 heterocycles. The number of ether oxygens (including phenoxy) is 3. The topological polar surface area (TPSA) is 123 Å².